The highest BCUT2D eigenvalue weighted by atomic mass is 35.5. The summed E-state index contributed by atoms with van der Waals surface area (Å²) in [5.41, 5.74) is 1.10. The van der Waals surface area contributed by atoms with Gasteiger partial charge in [-0.15, -0.1) is 11.6 Å². The summed E-state index contributed by atoms with van der Waals surface area (Å²) in [6.45, 7) is 5.57. The Kier molecular flexibility index (Phi) is 7.56. The Hall–Kier alpha value is -1.75. The maximum atomic E-state index is 12.3. The van der Waals surface area contributed by atoms with Crippen molar-refractivity contribution >= 4 is 23.4 Å². The van der Waals surface area contributed by atoms with Crippen molar-refractivity contribution in [2.24, 2.45) is 0 Å². The number of ether oxygens (including phenoxy) is 1. The van der Waals surface area contributed by atoms with Crippen molar-refractivity contribution < 1.29 is 14.3 Å². The molecule has 1 aliphatic heterocycles. The standard InChI is InChI=1S/C19H27ClN2O3/c1-14-6-3-4-7-17(14)25-13-5-8-18(23)22-11-9-16(10-12-22)21-19(24)15(2)20/h3-4,6-7,15-16H,5,8-13H2,1-2H3,(H,21,24). The highest BCUT2D eigenvalue weighted by Crippen LogP contribution is 2.17. The van der Waals surface area contributed by atoms with E-state index in [-0.39, 0.29) is 17.9 Å². The minimum atomic E-state index is -0.520. The fourth-order valence-corrected chi connectivity index (χ4v) is 2.93. The molecule has 138 valence electrons. The minimum Gasteiger partial charge on any atom is -0.493 e. The van der Waals surface area contributed by atoms with Crippen LogP contribution in [-0.2, 0) is 9.59 Å². The van der Waals surface area contributed by atoms with E-state index in [1.807, 2.05) is 36.1 Å². The molecular weight excluding hydrogens is 340 g/mol. The van der Waals surface area contributed by atoms with Crippen LogP contribution >= 0.6 is 11.6 Å². The third-order valence-corrected chi connectivity index (χ3v) is 4.64. The van der Waals surface area contributed by atoms with Gasteiger partial charge in [-0.2, -0.15) is 0 Å². The molecule has 1 fully saturated rings. The molecule has 0 bridgehead atoms. The van der Waals surface area contributed by atoms with Gasteiger partial charge in [0, 0.05) is 25.6 Å². The van der Waals surface area contributed by atoms with Crippen molar-refractivity contribution in [1.82, 2.24) is 10.2 Å². The second kappa shape index (κ2) is 9.66. The van der Waals surface area contributed by atoms with Crippen LogP contribution in [0.4, 0.5) is 0 Å². The molecule has 1 unspecified atom stereocenters. The predicted molar refractivity (Wildman–Crippen MR) is 99.0 cm³/mol. The van der Waals surface area contributed by atoms with Gasteiger partial charge in [-0.1, -0.05) is 18.2 Å². The van der Waals surface area contributed by atoms with E-state index < -0.39 is 5.38 Å². The first-order chi connectivity index (χ1) is 12.0. The molecule has 0 radical (unpaired) electrons. The number of para-hydroxylation sites is 1. The molecule has 0 aliphatic carbocycles. The number of nitrogens with one attached hydrogen (secondary N) is 1. The topological polar surface area (TPSA) is 58.6 Å². The maximum absolute atomic E-state index is 12.3. The van der Waals surface area contributed by atoms with E-state index in [0.717, 1.165) is 24.2 Å². The van der Waals surface area contributed by atoms with E-state index in [0.29, 0.717) is 32.5 Å². The van der Waals surface area contributed by atoms with Gasteiger partial charge < -0.3 is 15.0 Å². The number of halogens is 1. The van der Waals surface area contributed by atoms with Gasteiger partial charge in [-0.25, -0.2) is 0 Å². The van der Waals surface area contributed by atoms with Gasteiger partial charge in [-0.3, -0.25) is 9.59 Å². The molecular formula is C19H27ClN2O3. The first-order valence-corrected chi connectivity index (χ1v) is 9.31. The van der Waals surface area contributed by atoms with Crippen LogP contribution in [0.1, 0.15) is 38.2 Å². The Morgan fingerprint density at radius 1 is 1.32 bits per heavy atom. The molecule has 1 aromatic carbocycles. The lowest BCUT2D eigenvalue weighted by Gasteiger charge is -2.32. The molecule has 1 aromatic rings. The second-order valence-corrected chi connectivity index (χ2v) is 7.15. The molecule has 1 aliphatic rings. The van der Waals surface area contributed by atoms with Crippen molar-refractivity contribution in [2.75, 3.05) is 19.7 Å². The molecule has 0 saturated carbocycles. The molecule has 2 amide bonds. The minimum absolute atomic E-state index is 0.113. The van der Waals surface area contributed by atoms with Crippen LogP contribution in [0.3, 0.4) is 0 Å². The van der Waals surface area contributed by atoms with Crippen molar-refractivity contribution in [1.29, 1.82) is 0 Å². The van der Waals surface area contributed by atoms with Gasteiger partial charge in [-0.05, 0) is 44.7 Å². The Bertz CT molecular complexity index is 584. The Labute approximate surface area is 154 Å². The first kappa shape index (κ1) is 19.6. The zero-order chi connectivity index (χ0) is 18.2. The molecule has 0 aromatic heterocycles. The SMILES string of the molecule is Cc1ccccc1OCCCC(=O)N1CCC(NC(=O)C(C)Cl)CC1. The summed E-state index contributed by atoms with van der Waals surface area (Å²) in [5.74, 6) is 0.892. The summed E-state index contributed by atoms with van der Waals surface area (Å²) < 4.78 is 5.73. The lowest BCUT2D eigenvalue weighted by atomic mass is 10.0. The predicted octanol–water partition coefficient (Wildman–Crippen LogP) is 2.89. The summed E-state index contributed by atoms with van der Waals surface area (Å²) in [5, 5.41) is 2.40. The summed E-state index contributed by atoms with van der Waals surface area (Å²) in [6.07, 6.45) is 2.75. The number of piperidine rings is 1. The zero-order valence-corrected chi connectivity index (χ0v) is 15.7. The third kappa shape index (κ3) is 6.24. The Balaban J connectivity index is 1.64. The number of carbonyl (C=O) groups excluding carboxylic acids is 2. The van der Waals surface area contributed by atoms with Gasteiger partial charge in [0.1, 0.15) is 11.1 Å². The summed E-state index contributed by atoms with van der Waals surface area (Å²) in [7, 11) is 0. The van der Waals surface area contributed by atoms with Crippen LogP contribution in [-0.4, -0.2) is 47.8 Å². The first-order valence-electron chi connectivity index (χ1n) is 8.88. The average Bonchev–Trinajstić information content (AvgIpc) is 2.60. The molecule has 0 spiro atoms. The fraction of sp³-hybridized carbons (Fsp3) is 0.579. The summed E-state index contributed by atoms with van der Waals surface area (Å²) >= 11 is 5.76. The number of amides is 2. The molecule has 1 saturated heterocycles. The van der Waals surface area contributed by atoms with E-state index >= 15 is 0 Å². The van der Waals surface area contributed by atoms with Crippen LogP contribution in [0.5, 0.6) is 5.75 Å². The van der Waals surface area contributed by atoms with E-state index in [4.69, 9.17) is 16.3 Å². The van der Waals surface area contributed by atoms with Gasteiger partial charge in [0.2, 0.25) is 11.8 Å². The number of hydrogen-bond acceptors (Lipinski definition) is 3. The number of carbonyl (C=O) groups is 2. The molecule has 5 nitrogen and oxygen atoms in total. The Morgan fingerprint density at radius 3 is 2.64 bits per heavy atom. The second-order valence-electron chi connectivity index (χ2n) is 6.50. The van der Waals surface area contributed by atoms with Crippen molar-refractivity contribution in [3.63, 3.8) is 0 Å². The Morgan fingerprint density at radius 2 is 2.00 bits per heavy atom. The van der Waals surface area contributed by atoms with Crippen LogP contribution < -0.4 is 10.1 Å². The average molecular weight is 367 g/mol. The van der Waals surface area contributed by atoms with E-state index in [2.05, 4.69) is 5.32 Å². The van der Waals surface area contributed by atoms with Crippen molar-refractivity contribution in [3.8, 4) is 5.75 Å². The molecule has 1 heterocycles. The normalized spacial score (nSPS) is 16.4. The van der Waals surface area contributed by atoms with E-state index in [1.165, 1.54) is 0 Å². The lowest BCUT2D eigenvalue weighted by Crippen LogP contribution is -2.47. The van der Waals surface area contributed by atoms with Crippen LogP contribution in [0, 0.1) is 6.92 Å². The molecule has 6 heteroatoms. The number of alkyl halides is 1. The zero-order valence-electron chi connectivity index (χ0n) is 15.0. The van der Waals surface area contributed by atoms with Crippen LogP contribution in [0.2, 0.25) is 0 Å². The molecule has 25 heavy (non-hydrogen) atoms. The van der Waals surface area contributed by atoms with Gasteiger partial charge in [0.05, 0.1) is 6.61 Å². The van der Waals surface area contributed by atoms with Gasteiger partial charge in [0.15, 0.2) is 0 Å². The number of rotatable bonds is 7. The fourth-order valence-electron chi connectivity index (χ4n) is 2.87. The number of hydrogen-bond donors (Lipinski definition) is 1. The lowest BCUT2D eigenvalue weighted by molar-refractivity contribution is -0.132. The number of benzene rings is 1. The van der Waals surface area contributed by atoms with E-state index in [9.17, 15) is 9.59 Å². The maximum Gasteiger partial charge on any atom is 0.237 e. The van der Waals surface area contributed by atoms with Crippen LogP contribution in [0.25, 0.3) is 0 Å². The van der Waals surface area contributed by atoms with Gasteiger partial charge in [0.25, 0.3) is 0 Å². The highest BCUT2D eigenvalue weighted by Gasteiger charge is 2.24. The number of likely N-dealkylation sites (tertiary alicyclic amines) is 1. The molecule has 1 atom stereocenters. The number of nitrogens with zero attached hydrogens (tertiary/aromatic N) is 1. The van der Waals surface area contributed by atoms with Crippen molar-refractivity contribution in [2.45, 2.75) is 50.9 Å². The molecule has 1 N–H and O–H groups in total. The summed E-state index contributed by atoms with van der Waals surface area (Å²) in [6, 6.07) is 7.99. The van der Waals surface area contributed by atoms with Crippen molar-refractivity contribution in [3.05, 3.63) is 29.8 Å². The molecule has 2 rings (SSSR count). The number of aryl methyl sites for hydroxylation is 1. The third-order valence-electron chi connectivity index (χ3n) is 4.44. The smallest absolute Gasteiger partial charge is 0.237 e. The quantitative estimate of drug-likeness (QED) is 0.596. The summed E-state index contributed by atoms with van der Waals surface area (Å²) in [4.78, 5) is 25.8. The van der Waals surface area contributed by atoms with Crippen LogP contribution in [0.15, 0.2) is 24.3 Å². The van der Waals surface area contributed by atoms with Gasteiger partial charge >= 0.3 is 0 Å². The highest BCUT2D eigenvalue weighted by molar-refractivity contribution is 6.30. The monoisotopic (exact) mass is 366 g/mol. The largest absolute Gasteiger partial charge is 0.493 e. The van der Waals surface area contributed by atoms with E-state index in [1.54, 1.807) is 6.92 Å².